The predicted octanol–water partition coefficient (Wildman–Crippen LogP) is 3.02. The highest BCUT2D eigenvalue weighted by Gasteiger charge is 2.06. The third kappa shape index (κ3) is 5.17. The minimum atomic E-state index is -0.453. The zero-order valence-electron chi connectivity index (χ0n) is 11.8. The number of nitro benzene ring substituents is 1. The van der Waals surface area contributed by atoms with Gasteiger partial charge < -0.3 is 0 Å². The van der Waals surface area contributed by atoms with Crippen LogP contribution in [0.25, 0.3) is 0 Å². The molecule has 20 heavy (non-hydrogen) atoms. The maximum atomic E-state index is 11.5. The molecule has 0 spiro atoms. The summed E-state index contributed by atoms with van der Waals surface area (Å²) in [5.41, 5.74) is 3.88. The molecule has 6 heteroatoms. The molecule has 0 saturated carbocycles. The van der Waals surface area contributed by atoms with E-state index in [1.54, 1.807) is 19.1 Å². The first-order valence-electron chi connectivity index (χ1n) is 6.62. The second kappa shape index (κ2) is 8.04. The third-order valence-electron chi connectivity index (χ3n) is 2.85. The van der Waals surface area contributed by atoms with Gasteiger partial charge in [0.2, 0.25) is 5.91 Å². The number of nitro groups is 1. The molecule has 0 unspecified atom stereocenters. The summed E-state index contributed by atoms with van der Waals surface area (Å²) in [6, 6.07) is 6.05. The van der Waals surface area contributed by atoms with Gasteiger partial charge in [0.1, 0.15) is 0 Å². The number of non-ortho nitro benzene ring substituents is 1. The van der Waals surface area contributed by atoms with E-state index in [9.17, 15) is 14.9 Å². The van der Waals surface area contributed by atoms with Crippen molar-refractivity contribution < 1.29 is 9.72 Å². The number of hydrazone groups is 1. The Kier molecular flexibility index (Phi) is 6.36. The topological polar surface area (TPSA) is 84.6 Å². The molecular formula is C14H19N3O3. The van der Waals surface area contributed by atoms with Gasteiger partial charge in [0.25, 0.3) is 5.69 Å². The summed E-state index contributed by atoms with van der Waals surface area (Å²) < 4.78 is 0. The molecule has 1 rings (SSSR count). The molecule has 0 aromatic heterocycles. The Hall–Kier alpha value is -2.24. The highest BCUT2D eigenvalue weighted by molar-refractivity contribution is 5.99. The average Bonchev–Trinajstić information content (AvgIpc) is 2.45. The highest BCUT2D eigenvalue weighted by Crippen LogP contribution is 2.12. The van der Waals surface area contributed by atoms with Gasteiger partial charge >= 0.3 is 0 Å². The van der Waals surface area contributed by atoms with Crippen molar-refractivity contribution in [2.45, 2.75) is 39.5 Å². The average molecular weight is 277 g/mol. The van der Waals surface area contributed by atoms with Gasteiger partial charge in [-0.2, -0.15) is 5.10 Å². The molecule has 0 aliphatic rings. The van der Waals surface area contributed by atoms with Crippen LogP contribution in [0.5, 0.6) is 0 Å². The van der Waals surface area contributed by atoms with Crippen LogP contribution in [0.3, 0.4) is 0 Å². The van der Waals surface area contributed by atoms with Crippen molar-refractivity contribution in [3.05, 3.63) is 39.9 Å². The van der Waals surface area contributed by atoms with Crippen LogP contribution in [-0.4, -0.2) is 16.5 Å². The zero-order valence-corrected chi connectivity index (χ0v) is 11.8. The molecule has 0 heterocycles. The monoisotopic (exact) mass is 277 g/mol. The summed E-state index contributed by atoms with van der Waals surface area (Å²) in [6.07, 6.45) is 3.41. The fourth-order valence-corrected chi connectivity index (χ4v) is 1.63. The normalized spacial score (nSPS) is 11.2. The fraction of sp³-hybridized carbons (Fsp3) is 0.429. The maximum Gasteiger partial charge on any atom is 0.269 e. The van der Waals surface area contributed by atoms with E-state index in [0.717, 1.165) is 24.8 Å². The van der Waals surface area contributed by atoms with Crippen molar-refractivity contribution in [2.75, 3.05) is 0 Å². The number of rotatable bonds is 7. The van der Waals surface area contributed by atoms with E-state index in [4.69, 9.17) is 0 Å². The van der Waals surface area contributed by atoms with Gasteiger partial charge in [-0.15, -0.1) is 0 Å². The summed E-state index contributed by atoms with van der Waals surface area (Å²) >= 11 is 0. The van der Waals surface area contributed by atoms with Crippen molar-refractivity contribution in [2.24, 2.45) is 5.10 Å². The smallest absolute Gasteiger partial charge is 0.269 e. The summed E-state index contributed by atoms with van der Waals surface area (Å²) in [5.74, 6) is -0.111. The Labute approximate surface area is 118 Å². The molecule has 0 aliphatic heterocycles. The second-order valence-electron chi connectivity index (χ2n) is 4.49. The van der Waals surface area contributed by atoms with Crippen molar-refractivity contribution >= 4 is 17.3 Å². The lowest BCUT2D eigenvalue weighted by Gasteiger charge is -2.02. The Morgan fingerprint density at radius 1 is 1.30 bits per heavy atom. The van der Waals surface area contributed by atoms with Crippen LogP contribution >= 0.6 is 0 Å². The van der Waals surface area contributed by atoms with Gasteiger partial charge in [0.05, 0.1) is 10.6 Å². The first kappa shape index (κ1) is 15.8. The first-order chi connectivity index (χ1) is 9.54. The third-order valence-corrected chi connectivity index (χ3v) is 2.85. The Morgan fingerprint density at radius 2 is 1.95 bits per heavy atom. The van der Waals surface area contributed by atoms with E-state index < -0.39 is 4.92 Å². The van der Waals surface area contributed by atoms with Gasteiger partial charge in [-0.25, -0.2) is 5.43 Å². The predicted molar refractivity (Wildman–Crippen MR) is 77.6 cm³/mol. The summed E-state index contributed by atoms with van der Waals surface area (Å²) in [7, 11) is 0. The molecule has 1 amide bonds. The molecule has 1 N–H and O–H groups in total. The van der Waals surface area contributed by atoms with Gasteiger partial charge in [-0.1, -0.05) is 19.8 Å². The molecule has 0 radical (unpaired) electrons. The van der Waals surface area contributed by atoms with Gasteiger partial charge in [0, 0.05) is 18.6 Å². The molecule has 0 aliphatic carbocycles. The molecular weight excluding hydrogens is 258 g/mol. The molecule has 108 valence electrons. The molecule has 6 nitrogen and oxygen atoms in total. The maximum absolute atomic E-state index is 11.5. The van der Waals surface area contributed by atoms with E-state index in [0.29, 0.717) is 12.1 Å². The lowest BCUT2D eigenvalue weighted by atomic mass is 10.1. The largest absolute Gasteiger partial charge is 0.273 e. The van der Waals surface area contributed by atoms with Crippen LogP contribution in [0.2, 0.25) is 0 Å². The van der Waals surface area contributed by atoms with E-state index in [1.165, 1.54) is 12.1 Å². The molecule has 0 bridgehead atoms. The minimum Gasteiger partial charge on any atom is -0.273 e. The van der Waals surface area contributed by atoms with Crippen LogP contribution in [0.15, 0.2) is 29.4 Å². The van der Waals surface area contributed by atoms with Crippen molar-refractivity contribution in [1.29, 1.82) is 0 Å². The second-order valence-corrected chi connectivity index (χ2v) is 4.49. The number of nitrogens with one attached hydrogen (secondary N) is 1. The van der Waals surface area contributed by atoms with Gasteiger partial charge in [-0.3, -0.25) is 14.9 Å². The van der Waals surface area contributed by atoms with E-state index >= 15 is 0 Å². The molecule has 1 aromatic carbocycles. The summed E-state index contributed by atoms with van der Waals surface area (Å²) in [5, 5.41) is 14.5. The number of unbranched alkanes of at least 4 members (excludes halogenated alkanes) is 2. The number of carbonyl (C=O) groups excluding carboxylic acids is 1. The van der Waals surface area contributed by atoms with Crippen molar-refractivity contribution in [1.82, 2.24) is 5.43 Å². The SMILES string of the molecule is CCCCCC(=O)N/N=C(\C)c1ccc([N+](=O)[O-])cc1. The van der Waals surface area contributed by atoms with Crippen molar-refractivity contribution in [3.8, 4) is 0 Å². The quantitative estimate of drug-likeness (QED) is 0.360. The number of benzene rings is 1. The van der Waals surface area contributed by atoms with Crippen LogP contribution in [-0.2, 0) is 4.79 Å². The number of carbonyl (C=O) groups is 1. The molecule has 1 aromatic rings. The van der Waals surface area contributed by atoms with E-state index in [1.807, 2.05) is 0 Å². The van der Waals surface area contributed by atoms with Gasteiger partial charge in [-0.05, 0) is 31.0 Å². The van der Waals surface area contributed by atoms with Crippen LogP contribution in [0.4, 0.5) is 5.69 Å². The van der Waals surface area contributed by atoms with E-state index in [2.05, 4.69) is 17.5 Å². The summed E-state index contributed by atoms with van der Waals surface area (Å²) in [4.78, 5) is 21.6. The highest BCUT2D eigenvalue weighted by atomic mass is 16.6. The fourth-order valence-electron chi connectivity index (χ4n) is 1.63. The Bertz CT molecular complexity index is 495. The Morgan fingerprint density at radius 3 is 2.50 bits per heavy atom. The van der Waals surface area contributed by atoms with Crippen molar-refractivity contribution in [3.63, 3.8) is 0 Å². The standard InChI is InChI=1S/C14H19N3O3/c1-3-4-5-6-14(18)16-15-11(2)12-7-9-13(10-8-12)17(19)20/h7-10H,3-6H2,1-2H3,(H,16,18)/b15-11+. The lowest BCUT2D eigenvalue weighted by molar-refractivity contribution is -0.384. The van der Waals surface area contributed by atoms with E-state index in [-0.39, 0.29) is 11.6 Å². The first-order valence-corrected chi connectivity index (χ1v) is 6.62. The van der Waals surface area contributed by atoms with Crippen LogP contribution in [0, 0.1) is 10.1 Å². The number of nitrogens with zero attached hydrogens (tertiary/aromatic N) is 2. The molecule has 0 fully saturated rings. The van der Waals surface area contributed by atoms with Crippen LogP contribution < -0.4 is 5.43 Å². The number of amides is 1. The zero-order chi connectivity index (χ0) is 15.0. The molecule has 0 atom stereocenters. The number of hydrogen-bond donors (Lipinski definition) is 1. The number of hydrogen-bond acceptors (Lipinski definition) is 4. The summed E-state index contributed by atoms with van der Waals surface area (Å²) in [6.45, 7) is 3.82. The van der Waals surface area contributed by atoms with Gasteiger partial charge in [0.15, 0.2) is 0 Å². The lowest BCUT2D eigenvalue weighted by Crippen LogP contribution is -2.18. The minimum absolute atomic E-state index is 0.0325. The Balaban J connectivity index is 2.55. The van der Waals surface area contributed by atoms with Crippen LogP contribution in [0.1, 0.15) is 45.1 Å². The molecule has 0 saturated heterocycles.